The molecule has 0 unspecified atom stereocenters. The van der Waals surface area contributed by atoms with Crippen LogP contribution in [0.15, 0.2) is 24.3 Å². The summed E-state index contributed by atoms with van der Waals surface area (Å²) in [6.07, 6.45) is -4.40. The molecule has 0 radical (unpaired) electrons. The Morgan fingerprint density at radius 3 is 2.43 bits per heavy atom. The second-order valence-electron chi connectivity index (χ2n) is 5.80. The van der Waals surface area contributed by atoms with E-state index in [0.29, 0.717) is 21.6 Å². The number of hydrogen-bond acceptors (Lipinski definition) is 2. The van der Waals surface area contributed by atoms with Gasteiger partial charge in [0.15, 0.2) is 6.61 Å². The van der Waals surface area contributed by atoms with Crippen LogP contribution in [0.5, 0.6) is 5.75 Å². The SMILES string of the molecule is CC(C)(C)c1cc(Cl)c2cccc(OCC(F)(F)F)c2n1. The predicted octanol–water partition coefficient (Wildman–Crippen LogP) is 5.13. The maximum Gasteiger partial charge on any atom is 0.422 e. The molecule has 0 amide bonds. The topological polar surface area (TPSA) is 22.1 Å². The lowest BCUT2D eigenvalue weighted by Crippen LogP contribution is -2.19. The van der Waals surface area contributed by atoms with Crippen molar-refractivity contribution < 1.29 is 17.9 Å². The average molecular weight is 318 g/mol. The standard InChI is InChI=1S/C15H15ClF3NO/c1-14(2,3)12-7-10(16)9-5-4-6-11(13(9)20-12)21-8-15(17,18)19/h4-7H,8H2,1-3H3. The second kappa shape index (κ2) is 5.37. The molecule has 114 valence electrons. The van der Waals surface area contributed by atoms with Crippen molar-refractivity contribution in [3.8, 4) is 5.75 Å². The molecule has 1 heterocycles. The van der Waals surface area contributed by atoms with Crippen molar-refractivity contribution in [3.05, 3.63) is 35.0 Å². The van der Waals surface area contributed by atoms with Gasteiger partial charge in [0.1, 0.15) is 11.3 Å². The number of pyridine rings is 1. The Balaban J connectivity index is 2.54. The molecule has 0 aliphatic heterocycles. The fourth-order valence-corrected chi connectivity index (χ4v) is 2.10. The van der Waals surface area contributed by atoms with E-state index in [1.54, 1.807) is 18.2 Å². The molecule has 0 saturated carbocycles. The highest BCUT2D eigenvalue weighted by molar-refractivity contribution is 6.35. The number of nitrogens with zero attached hydrogens (tertiary/aromatic N) is 1. The first-order chi connectivity index (χ1) is 9.58. The molecule has 2 rings (SSSR count). The Morgan fingerprint density at radius 1 is 1.19 bits per heavy atom. The Hall–Kier alpha value is -1.49. The molecule has 0 aliphatic carbocycles. The van der Waals surface area contributed by atoms with Crippen LogP contribution in [-0.2, 0) is 5.41 Å². The van der Waals surface area contributed by atoms with E-state index in [2.05, 4.69) is 4.98 Å². The average Bonchev–Trinajstić information content (AvgIpc) is 2.34. The van der Waals surface area contributed by atoms with Crippen LogP contribution in [0.25, 0.3) is 10.9 Å². The summed E-state index contributed by atoms with van der Waals surface area (Å²) in [7, 11) is 0. The summed E-state index contributed by atoms with van der Waals surface area (Å²) in [5, 5.41) is 1.02. The predicted molar refractivity (Wildman–Crippen MR) is 77.0 cm³/mol. The fourth-order valence-electron chi connectivity index (χ4n) is 1.84. The molecular formula is C15H15ClF3NO. The number of aromatic nitrogens is 1. The van der Waals surface area contributed by atoms with E-state index in [1.807, 2.05) is 20.8 Å². The summed E-state index contributed by atoms with van der Waals surface area (Å²) >= 11 is 6.21. The van der Waals surface area contributed by atoms with E-state index in [-0.39, 0.29) is 11.2 Å². The summed E-state index contributed by atoms with van der Waals surface area (Å²) in [5.74, 6) is 0.0813. The minimum atomic E-state index is -4.40. The fraction of sp³-hybridized carbons (Fsp3) is 0.400. The largest absolute Gasteiger partial charge is 0.482 e. The molecule has 0 bridgehead atoms. The van der Waals surface area contributed by atoms with Gasteiger partial charge in [-0.15, -0.1) is 0 Å². The van der Waals surface area contributed by atoms with Gasteiger partial charge in [-0.3, -0.25) is 0 Å². The van der Waals surface area contributed by atoms with E-state index < -0.39 is 12.8 Å². The van der Waals surface area contributed by atoms with Crippen LogP contribution in [0, 0.1) is 0 Å². The lowest BCUT2D eigenvalue weighted by atomic mass is 9.91. The van der Waals surface area contributed by atoms with Gasteiger partial charge in [0.25, 0.3) is 0 Å². The van der Waals surface area contributed by atoms with E-state index in [0.717, 1.165) is 0 Å². The van der Waals surface area contributed by atoms with Crippen molar-refractivity contribution in [2.24, 2.45) is 0 Å². The Bertz CT molecular complexity index is 662. The van der Waals surface area contributed by atoms with Crippen molar-refractivity contribution in [3.63, 3.8) is 0 Å². The van der Waals surface area contributed by atoms with E-state index in [4.69, 9.17) is 16.3 Å². The van der Waals surface area contributed by atoms with Crippen molar-refractivity contribution in [1.29, 1.82) is 0 Å². The van der Waals surface area contributed by atoms with Gasteiger partial charge in [-0.1, -0.05) is 44.5 Å². The zero-order valence-corrected chi connectivity index (χ0v) is 12.6. The van der Waals surface area contributed by atoms with Gasteiger partial charge in [0.05, 0.1) is 5.02 Å². The minimum absolute atomic E-state index is 0.0813. The highest BCUT2D eigenvalue weighted by Gasteiger charge is 2.29. The molecular weight excluding hydrogens is 303 g/mol. The number of rotatable bonds is 2. The smallest absolute Gasteiger partial charge is 0.422 e. The van der Waals surface area contributed by atoms with Crippen molar-refractivity contribution in [2.45, 2.75) is 32.4 Å². The highest BCUT2D eigenvalue weighted by Crippen LogP contribution is 2.33. The number of ether oxygens (including phenoxy) is 1. The third-order valence-electron chi connectivity index (χ3n) is 2.91. The normalized spacial score (nSPS) is 12.7. The summed E-state index contributed by atoms with van der Waals surface area (Å²) < 4.78 is 41.8. The Kier molecular flexibility index (Phi) is 4.06. The first-order valence-corrected chi connectivity index (χ1v) is 6.75. The molecule has 2 aromatic rings. The van der Waals surface area contributed by atoms with Gasteiger partial charge in [-0.05, 0) is 12.1 Å². The number of fused-ring (bicyclic) bond motifs is 1. The quantitative estimate of drug-likeness (QED) is 0.766. The first-order valence-electron chi connectivity index (χ1n) is 6.37. The van der Waals surface area contributed by atoms with Gasteiger partial charge in [-0.2, -0.15) is 13.2 Å². The third-order valence-corrected chi connectivity index (χ3v) is 3.22. The number of alkyl halides is 3. The van der Waals surface area contributed by atoms with Crippen molar-refractivity contribution in [1.82, 2.24) is 4.98 Å². The van der Waals surface area contributed by atoms with Crippen molar-refractivity contribution in [2.75, 3.05) is 6.61 Å². The highest BCUT2D eigenvalue weighted by atomic mass is 35.5. The van der Waals surface area contributed by atoms with Gasteiger partial charge >= 0.3 is 6.18 Å². The van der Waals surface area contributed by atoms with E-state index >= 15 is 0 Å². The zero-order valence-electron chi connectivity index (χ0n) is 11.9. The van der Waals surface area contributed by atoms with Crippen LogP contribution in [-0.4, -0.2) is 17.8 Å². The first kappa shape index (κ1) is 15.9. The van der Waals surface area contributed by atoms with Crippen LogP contribution in [0.1, 0.15) is 26.5 Å². The molecule has 0 atom stereocenters. The molecule has 0 fully saturated rings. The third kappa shape index (κ3) is 3.79. The maximum absolute atomic E-state index is 12.3. The molecule has 1 aromatic heterocycles. The molecule has 0 saturated heterocycles. The molecule has 0 aliphatic rings. The van der Waals surface area contributed by atoms with Crippen molar-refractivity contribution >= 4 is 22.5 Å². The Morgan fingerprint density at radius 2 is 1.86 bits per heavy atom. The number of para-hydroxylation sites is 1. The molecule has 21 heavy (non-hydrogen) atoms. The van der Waals surface area contributed by atoms with Gasteiger partial charge < -0.3 is 4.74 Å². The van der Waals surface area contributed by atoms with Crippen LogP contribution in [0.4, 0.5) is 13.2 Å². The molecule has 2 nitrogen and oxygen atoms in total. The Labute approximate surface area is 125 Å². The van der Waals surface area contributed by atoms with Crippen LogP contribution in [0.3, 0.4) is 0 Å². The summed E-state index contributed by atoms with van der Waals surface area (Å²) in [6.45, 7) is 4.51. The monoisotopic (exact) mass is 317 g/mol. The van der Waals surface area contributed by atoms with Crippen LogP contribution >= 0.6 is 11.6 Å². The lowest BCUT2D eigenvalue weighted by Gasteiger charge is -2.19. The summed E-state index contributed by atoms with van der Waals surface area (Å²) in [4.78, 5) is 4.43. The lowest BCUT2D eigenvalue weighted by molar-refractivity contribution is -0.153. The number of halogens is 4. The summed E-state index contributed by atoms with van der Waals surface area (Å²) in [6, 6.07) is 6.50. The minimum Gasteiger partial charge on any atom is -0.482 e. The van der Waals surface area contributed by atoms with Gasteiger partial charge in [-0.25, -0.2) is 4.98 Å². The molecule has 1 aromatic carbocycles. The second-order valence-corrected chi connectivity index (χ2v) is 6.20. The zero-order chi connectivity index (χ0) is 15.8. The molecule has 0 spiro atoms. The number of hydrogen-bond donors (Lipinski definition) is 0. The molecule has 6 heteroatoms. The maximum atomic E-state index is 12.3. The van der Waals surface area contributed by atoms with Gasteiger partial charge in [0, 0.05) is 16.5 Å². The van der Waals surface area contributed by atoms with E-state index in [1.165, 1.54) is 6.07 Å². The van der Waals surface area contributed by atoms with E-state index in [9.17, 15) is 13.2 Å². The summed E-state index contributed by atoms with van der Waals surface area (Å²) in [5.41, 5.74) is 0.775. The molecule has 0 N–H and O–H groups in total. The van der Waals surface area contributed by atoms with Crippen LogP contribution in [0.2, 0.25) is 5.02 Å². The van der Waals surface area contributed by atoms with Gasteiger partial charge in [0.2, 0.25) is 0 Å². The number of benzene rings is 1. The van der Waals surface area contributed by atoms with Crippen LogP contribution < -0.4 is 4.74 Å².